The van der Waals surface area contributed by atoms with Crippen LogP contribution in [0.15, 0.2) is 37.4 Å². The van der Waals surface area contributed by atoms with Crippen LogP contribution in [-0.2, 0) is 0 Å². The van der Waals surface area contributed by atoms with Crippen LogP contribution < -0.4 is 0 Å². The van der Waals surface area contributed by atoms with E-state index in [9.17, 15) is 0 Å². The maximum absolute atomic E-state index is 3.93. The van der Waals surface area contributed by atoms with Gasteiger partial charge in [-0.1, -0.05) is 102 Å². The van der Waals surface area contributed by atoms with Crippen molar-refractivity contribution in [3.05, 3.63) is 48.6 Å². The van der Waals surface area contributed by atoms with Crippen LogP contribution in [0.2, 0.25) is 0 Å². The summed E-state index contributed by atoms with van der Waals surface area (Å²) in [6.07, 6.45) is 5.28. The predicted molar refractivity (Wildman–Crippen MR) is 97.0 cm³/mol. The van der Waals surface area contributed by atoms with E-state index in [1.54, 1.807) is 0 Å². The molecule has 0 heterocycles. The molecule has 1 rings (SSSR count). The zero-order valence-corrected chi connectivity index (χ0v) is 14.6. The van der Waals surface area contributed by atoms with Crippen molar-refractivity contribution < 1.29 is 0 Å². The summed E-state index contributed by atoms with van der Waals surface area (Å²) in [5.74, 6) is 0. The Morgan fingerprint density at radius 3 is 1.10 bits per heavy atom. The molecule has 0 saturated carbocycles. The number of hydrogen-bond acceptors (Lipinski definition) is 0. The largest absolute Gasteiger partial charge is 0.0955 e. The summed E-state index contributed by atoms with van der Waals surface area (Å²) in [7, 11) is 0. The maximum Gasteiger partial charge on any atom is -0.0158 e. The monoisotopic (exact) mass is 274 g/mol. The van der Waals surface area contributed by atoms with Gasteiger partial charge in [0, 0.05) is 0 Å². The Hall–Kier alpha value is -1.30. The van der Waals surface area contributed by atoms with Crippen LogP contribution >= 0.6 is 0 Å². The Labute approximate surface area is 127 Å². The van der Waals surface area contributed by atoms with Gasteiger partial charge in [0.15, 0.2) is 0 Å². The number of allylic oxidation sites excluding steroid dienone is 2. The third kappa shape index (κ3) is 10.6. The molecular formula is C20H34. The van der Waals surface area contributed by atoms with Gasteiger partial charge >= 0.3 is 0 Å². The molecular weight excluding hydrogens is 240 g/mol. The van der Waals surface area contributed by atoms with Gasteiger partial charge in [-0.05, 0) is 25.0 Å². The molecule has 0 heteroatoms. The van der Waals surface area contributed by atoms with E-state index in [0.717, 1.165) is 11.1 Å². The summed E-state index contributed by atoms with van der Waals surface area (Å²) in [6, 6.07) is 8.20. The SMILES string of the molecule is C=C(C)c1ccccc1C(=C)C.CCCC.CCCC. The van der Waals surface area contributed by atoms with Crippen LogP contribution in [0, 0.1) is 0 Å². The van der Waals surface area contributed by atoms with Gasteiger partial charge in [0.2, 0.25) is 0 Å². The Morgan fingerprint density at radius 2 is 0.950 bits per heavy atom. The zero-order valence-electron chi connectivity index (χ0n) is 14.6. The van der Waals surface area contributed by atoms with Gasteiger partial charge in [-0.2, -0.15) is 0 Å². The lowest BCUT2D eigenvalue weighted by molar-refractivity contribution is 0.886. The van der Waals surface area contributed by atoms with Gasteiger partial charge in [-0.3, -0.25) is 0 Å². The number of hydrogen-bond donors (Lipinski definition) is 0. The van der Waals surface area contributed by atoms with Crippen molar-refractivity contribution in [2.75, 3.05) is 0 Å². The van der Waals surface area contributed by atoms with Crippen molar-refractivity contribution in [1.29, 1.82) is 0 Å². The normalized spacial score (nSPS) is 8.70. The average molecular weight is 274 g/mol. The van der Waals surface area contributed by atoms with Crippen molar-refractivity contribution in [2.45, 2.75) is 67.2 Å². The Morgan fingerprint density at radius 1 is 0.700 bits per heavy atom. The lowest BCUT2D eigenvalue weighted by Crippen LogP contribution is -1.86. The zero-order chi connectivity index (χ0) is 16.0. The number of rotatable bonds is 4. The fourth-order valence-electron chi connectivity index (χ4n) is 1.23. The third-order valence-electron chi connectivity index (χ3n) is 2.85. The maximum atomic E-state index is 3.93. The van der Waals surface area contributed by atoms with Crippen LogP contribution in [-0.4, -0.2) is 0 Å². The van der Waals surface area contributed by atoms with Crippen molar-refractivity contribution >= 4 is 11.1 Å². The second kappa shape index (κ2) is 14.1. The Bertz CT molecular complexity index is 330. The fraction of sp³-hybridized carbons (Fsp3) is 0.500. The summed E-state index contributed by atoms with van der Waals surface area (Å²) in [5.41, 5.74) is 4.58. The highest BCUT2D eigenvalue weighted by Gasteiger charge is 2.00. The first-order valence-corrected chi connectivity index (χ1v) is 7.86. The van der Waals surface area contributed by atoms with Crippen LogP contribution in [0.1, 0.15) is 78.4 Å². The molecule has 0 aromatic heterocycles. The summed E-state index contributed by atoms with van der Waals surface area (Å²) in [4.78, 5) is 0. The highest BCUT2D eigenvalue weighted by Crippen LogP contribution is 2.22. The van der Waals surface area contributed by atoms with Crippen LogP contribution in [0.3, 0.4) is 0 Å². The smallest absolute Gasteiger partial charge is 0.0158 e. The van der Waals surface area contributed by atoms with E-state index in [4.69, 9.17) is 0 Å². The molecule has 0 radical (unpaired) electrons. The summed E-state index contributed by atoms with van der Waals surface area (Å²) >= 11 is 0. The first-order chi connectivity index (χ1) is 9.45. The minimum Gasteiger partial charge on any atom is -0.0955 e. The van der Waals surface area contributed by atoms with Crippen molar-refractivity contribution in [2.24, 2.45) is 0 Å². The first kappa shape index (κ1) is 21.0. The first-order valence-electron chi connectivity index (χ1n) is 7.86. The van der Waals surface area contributed by atoms with Gasteiger partial charge in [-0.25, -0.2) is 0 Å². The van der Waals surface area contributed by atoms with E-state index in [1.165, 1.54) is 36.8 Å². The highest BCUT2D eigenvalue weighted by atomic mass is 14.1. The molecule has 0 nitrogen and oxygen atoms in total. The lowest BCUT2D eigenvalue weighted by atomic mass is 9.98. The van der Waals surface area contributed by atoms with Gasteiger partial charge < -0.3 is 0 Å². The molecule has 0 amide bonds. The number of benzene rings is 1. The average Bonchev–Trinajstić information content (AvgIpc) is 2.47. The van der Waals surface area contributed by atoms with E-state index in [2.05, 4.69) is 53.0 Å². The minimum atomic E-state index is 1.09. The molecule has 0 fully saturated rings. The van der Waals surface area contributed by atoms with Crippen molar-refractivity contribution in [3.63, 3.8) is 0 Å². The quantitative estimate of drug-likeness (QED) is 0.537. The molecule has 0 unspecified atom stereocenters. The minimum absolute atomic E-state index is 1.09. The van der Waals surface area contributed by atoms with E-state index < -0.39 is 0 Å². The molecule has 0 spiro atoms. The lowest BCUT2D eigenvalue weighted by Gasteiger charge is -2.07. The molecule has 0 aliphatic rings. The van der Waals surface area contributed by atoms with Gasteiger partial charge in [0.05, 0.1) is 0 Å². The molecule has 1 aromatic carbocycles. The second-order valence-electron chi connectivity index (χ2n) is 5.11. The fourth-order valence-corrected chi connectivity index (χ4v) is 1.23. The van der Waals surface area contributed by atoms with Crippen LogP contribution in [0.5, 0.6) is 0 Å². The predicted octanol–water partition coefficient (Wildman–Crippen LogP) is 7.37. The van der Waals surface area contributed by atoms with Gasteiger partial charge in [0.25, 0.3) is 0 Å². The van der Waals surface area contributed by atoms with Crippen LogP contribution in [0.4, 0.5) is 0 Å². The van der Waals surface area contributed by atoms with E-state index in [0.29, 0.717) is 0 Å². The molecule has 0 atom stereocenters. The topological polar surface area (TPSA) is 0 Å². The van der Waals surface area contributed by atoms with Crippen molar-refractivity contribution in [1.82, 2.24) is 0 Å². The van der Waals surface area contributed by atoms with E-state index in [1.807, 2.05) is 26.0 Å². The molecule has 0 aliphatic carbocycles. The van der Waals surface area contributed by atoms with E-state index in [-0.39, 0.29) is 0 Å². The van der Waals surface area contributed by atoms with Crippen LogP contribution in [0.25, 0.3) is 11.1 Å². The van der Waals surface area contributed by atoms with E-state index >= 15 is 0 Å². The molecule has 0 bridgehead atoms. The summed E-state index contributed by atoms with van der Waals surface area (Å²) in [5, 5.41) is 0. The molecule has 20 heavy (non-hydrogen) atoms. The molecule has 0 aliphatic heterocycles. The molecule has 0 N–H and O–H groups in total. The molecule has 114 valence electrons. The third-order valence-corrected chi connectivity index (χ3v) is 2.85. The standard InChI is InChI=1S/C12H14.2C4H10/c1-9(2)11-7-5-6-8-12(11)10(3)4;2*1-3-4-2/h5-8H,1,3H2,2,4H3;2*3-4H2,1-2H3. The summed E-state index contributed by atoms with van der Waals surface area (Å²) in [6.45, 7) is 20.6. The van der Waals surface area contributed by atoms with Gasteiger partial charge in [0.1, 0.15) is 0 Å². The number of unbranched alkanes of at least 4 members (excludes halogenated alkanes) is 2. The molecule has 1 aromatic rings. The Kier molecular flexibility index (Phi) is 14.8. The van der Waals surface area contributed by atoms with Gasteiger partial charge in [-0.15, -0.1) is 0 Å². The Balaban J connectivity index is 0. The highest BCUT2D eigenvalue weighted by molar-refractivity contribution is 5.76. The molecule has 0 saturated heterocycles. The van der Waals surface area contributed by atoms with Crippen molar-refractivity contribution in [3.8, 4) is 0 Å². The summed E-state index contributed by atoms with van der Waals surface area (Å²) < 4.78 is 0. The second-order valence-corrected chi connectivity index (χ2v) is 5.11.